The van der Waals surface area contributed by atoms with Gasteiger partial charge in [-0.25, -0.2) is 4.79 Å². The Morgan fingerprint density at radius 3 is 2.94 bits per heavy atom. The van der Waals surface area contributed by atoms with E-state index in [-0.39, 0.29) is 11.6 Å². The van der Waals surface area contributed by atoms with Crippen molar-refractivity contribution in [1.82, 2.24) is 9.80 Å². The Balaban J connectivity index is 1.90. The van der Waals surface area contributed by atoms with Crippen molar-refractivity contribution in [3.63, 3.8) is 0 Å². The molecular formula is C12H21IN2O3. The molecular weight excluding hydrogens is 347 g/mol. The van der Waals surface area contributed by atoms with Gasteiger partial charge in [-0.15, -0.1) is 0 Å². The van der Waals surface area contributed by atoms with Gasteiger partial charge in [0.15, 0.2) is 0 Å². The Kier molecular flexibility index (Phi) is 4.71. The zero-order valence-corrected chi connectivity index (χ0v) is 13.2. The molecule has 0 spiro atoms. The maximum Gasteiger partial charge on any atom is 0.409 e. The fourth-order valence-electron chi connectivity index (χ4n) is 3.19. The molecule has 104 valence electrons. The second kappa shape index (κ2) is 5.92. The Morgan fingerprint density at radius 1 is 1.50 bits per heavy atom. The van der Waals surface area contributed by atoms with Crippen molar-refractivity contribution < 1.29 is 12.6 Å². The lowest BCUT2D eigenvalue weighted by Gasteiger charge is -2.33. The summed E-state index contributed by atoms with van der Waals surface area (Å²) >= 11 is 1.98. The van der Waals surface area contributed by atoms with Crippen LogP contribution in [0.2, 0.25) is 0 Å². The van der Waals surface area contributed by atoms with E-state index in [4.69, 9.17) is 7.80 Å². The van der Waals surface area contributed by atoms with Crippen molar-refractivity contribution in [2.24, 2.45) is 0 Å². The molecule has 5 nitrogen and oxygen atoms in total. The first-order chi connectivity index (χ1) is 8.59. The lowest BCUT2D eigenvalue weighted by atomic mass is 9.95. The number of carbonyl (C=O) groups excluding carboxylic acids is 1. The van der Waals surface area contributed by atoms with Crippen molar-refractivity contribution >= 4 is 29.1 Å². The fraction of sp³-hybridized carbons (Fsp3) is 0.917. The SMILES string of the molecule is CN(C)C(=O)OC[C@H]1CC[C@@]2(COI)CCCN12. The molecule has 0 unspecified atom stereocenters. The predicted molar refractivity (Wildman–Crippen MR) is 76.7 cm³/mol. The van der Waals surface area contributed by atoms with Gasteiger partial charge in [0.25, 0.3) is 0 Å². The van der Waals surface area contributed by atoms with Crippen molar-refractivity contribution in [1.29, 1.82) is 0 Å². The Morgan fingerprint density at radius 2 is 2.28 bits per heavy atom. The number of rotatable bonds is 4. The topological polar surface area (TPSA) is 42.0 Å². The van der Waals surface area contributed by atoms with Gasteiger partial charge in [0.05, 0.1) is 6.61 Å². The molecule has 0 aromatic carbocycles. The molecule has 0 aromatic heterocycles. The predicted octanol–water partition coefficient (Wildman–Crippen LogP) is 2.05. The number of halogens is 1. The van der Waals surface area contributed by atoms with E-state index in [1.807, 2.05) is 23.0 Å². The van der Waals surface area contributed by atoms with Gasteiger partial charge >= 0.3 is 6.09 Å². The molecule has 2 saturated heterocycles. The third kappa shape index (κ3) is 2.75. The summed E-state index contributed by atoms with van der Waals surface area (Å²) in [4.78, 5) is 15.4. The smallest absolute Gasteiger partial charge is 0.409 e. The molecule has 0 N–H and O–H groups in total. The van der Waals surface area contributed by atoms with E-state index in [1.165, 1.54) is 17.7 Å². The number of nitrogens with zero attached hydrogens (tertiary/aromatic N) is 2. The Hall–Kier alpha value is -0.0800. The summed E-state index contributed by atoms with van der Waals surface area (Å²) in [6, 6.07) is 0.364. The van der Waals surface area contributed by atoms with E-state index in [9.17, 15) is 4.79 Å². The summed E-state index contributed by atoms with van der Waals surface area (Å²) in [6.07, 6.45) is 4.42. The van der Waals surface area contributed by atoms with Crippen molar-refractivity contribution in [2.75, 3.05) is 33.9 Å². The molecule has 1 amide bonds. The summed E-state index contributed by atoms with van der Waals surface area (Å²) < 4.78 is 10.7. The van der Waals surface area contributed by atoms with Crippen LogP contribution in [-0.4, -0.2) is 61.3 Å². The van der Waals surface area contributed by atoms with Crippen LogP contribution < -0.4 is 0 Å². The quantitative estimate of drug-likeness (QED) is 0.713. The minimum absolute atomic E-state index is 0.205. The molecule has 0 radical (unpaired) electrons. The molecule has 6 heteroatoms. The number of hydrogen-bond donors (Lipinski definition) is 0. The van der Waals surface area contributed by atoms with Crippen LogP contribution in [-0.2, 0) is 7.80 Å². The number of hydrogen-bond acceptors (Lipinski definition) is 4. The van der Waals surface area contributed by atoms with Crippen molar-refractivity contribution in [3.05, 3.63) is 0 Å². The van der Waals surface area contributed by atoms with Crippen LogP contribution in [0.5, 0.6) is 0 Å². The van der Waals surface area contributed by atoms with Gasteiger partial charge in [-0.1, -0.05) is 0 Å². The van der Waals surface area contributed by atoms with Gasteiger partial charge in [0, 0.05) is 25.7 Å². The maximum atomic E-state index is 11.5. The van der Waals surface area contributed by atoms with Crippen LogP contribution in [0, 0.1) is 0 Å². The van der Waals surface area contributed by atoms with E-state index in [1.54, 1.807) is 14.1 Å². The normalized spacial score (nSPS) is 31.4. The molecule has 0 bridgehead atoms. The lowest BCUT2D eigenvalue weighted by Crippen LogP contribution is -2.46. The van der Waals surface area contributed by atoms with Crippen LogP contribution in [0.3, 0.4) is 0 Å². The van der Waals surface area contributed by atoms with Crippen LogP contribution in [0.1, 0.15) is 25.7 Å². The summed E-state index contributed by atoms with van der Waals surface area (Å²) in [6.45, 7) is 2.38. The van der Waals surface area contributed by atoms with Crippen LogP contribution in [0.25, 0.3) is 0 Å². The zero-order valence-electron chi connectivity index (χ0n) is 11.0. The monoisotopic (exact) mass is 368 g/mol. The molecule has 2 atom stereocenters. The fourth-order valence-corrected chi connectivity index (χ4v) is 3.77. The number of carbonyl (C=O) groups is 1. The molecule has 18 heavy (non-hydrogen) atoms. The highest BCUT2D eigenvalue weighted by Crippen LogP contribution is 2.42. The molecule has 2 heterocycles. The van der Waals surface area contributed by atoms with E-state index >= 15 is 0 Å². The van der Waals surface area contributed by atoms with Crippen LogP contribution in [0.4, 0.5) is 4.79 Å². The van der Waals surface area contributed by atoms with Gasteiger partial charge in [0.2, 0.25) is 0 Å². The van der Waals surface area contributed by atoms with E-state index in [0.29, 0.717) is 12.6 Å². The van der Waals surface area contributed by atoms with Crippen LogP contribution in [0.15, 0.2) is 0 Å². The Bertz CT molecular complexity index is 314. The van der Waals surface area contributed by atoms with Crippen LogP contribution >= 0.6 is 23.0 Å². The first kappa shape index (κ1) is 14.3. The summed E-state index contributed by atoms with van der Waals surface area (Å²) in [7, 11) is 3.42. The molecule has 0 aliphatic carbocycles. The Labute approximate surface area is 122 Å². The van der Waals surface area contributed by atoms with Gasteiger partial charge in [-0.05, 0) is 32.2 Å². The number of fused-ring (bicyclic) bond motifs is 1. The third-order valence-electron chi connectivity index (χ3n) is 4.12. The lowest BCUT2D eigenvalue weighted by molar-refractivity contribution is 0.0575. The molecule has 0 aromatic rings. The first-order valence-corrected chi connectivity index (χ1v) is 7.31. The summed E-state index contributed by atoms with van der Waals surface area (Å²) in [5, 5.41) is 0. The van der Waals surface area contributed by atoms with E-state index in [2.05, 4.69) is 4.90 Å². The summed E-state index contributed by atoms with van der Waals surface area (Å²) in [5.41, 5.74) is 0.205. The minimum Gasteiger partial charge on any atom is -0.448 e. The summed E-state index contributed by atoms with van der Waals surface area (Å²) in [5.74, 6) is 0. The third-order valence-corrected chi connectivity index (χ3v) is 4.43. The second-order valence-electron chi connectivity index (χ2n) is 5.44. The molecule has 2 rings (SSSR count). The van der Waals surface area contributed by atoms with Gasteiger partial charge in [-0.2, -0.15) is 0 Å². The molecule has 2 aliphatic rings. The van der Waals surface area contributed by atoms with Crippen molar-refractivity contribution in [2.45, 2.75) is 37.3 Å². The maximum absolute atomic E-state index is 11.5. The highest BCUT2D eigenvalue weighted by Gasteiger charge is 2.49. The minimum atomic E-state index is -0.253. The average molecular weight is 368 g/mol. The highest BCUT2D eigenvalue weighted by atomic mass is 127. The highest BCUT2D eigenvalue weighted by molar-refractivity contribution is 14.1. The molecule has 0 saturated carbocycles. The first-order valence-electron chi connectivity index (χ1n) is 6.43. The number of amides is 1. The second-order valence-corrected chi connectivity index (χ2v) is 6.06. The van der Waals surface area contributed by atoms with Gasteiger partial charge in [0.1, 0.15) is 29.6 Å². The van der Waals surface area contributed by atoms with Gasteiger partial charge in [-0.3, -0.25) is 4.90 Å². The van der Waals surface area contributed by atoms with Gasteiger partial charge < -0.3 is 12.7 Å². The van der Waals surface area contributed by atoms with E-state index < -0.39 is 0 Å². The largest absolute Gasteiger partial charge is 0.448 e. The number of ether oxygens (including phenoxy) is 1. The molecule has 2 aliphatic heterocycles. The molecule has 2 fully saturated rings. The zero-order chi connectivity index (χ0) is 13.2. The van der Waals surface area contributed by atoms with E-state index in [0.717, 1.165) is 26.0 Å². The van der Waals surface area contributed by atoms with Crippen molar-refractivity contribution in [3.8, 4) is 0 Å². The standard InChI is InChI=1S/C12H21IN2O3/c1-14(2)11(16)17-8-10-4-6-12(9-18-13)5-3-7-15(10)12/h10H,3-9H2,1-2H3/t10-,12-/m1/s1. The average Bonchev–Trinajstić information content (AvgIpc) is 2.85.